The molecular weight excluding hydrogens is 327 g/mol. The molecule has 2 aromatic heterocycles. The van der Waals surface area contributed by atoms with E-state index in [1.807, 2.05) is 0 Å². The zero-order valence-corrected chi connectivity index (χ0v) is 12.8. The van der Waals surface area contributed by atoms with Gasteiger partial charge in [0.1, 0.15) is 30.4 Å². The fraction of sp³-hybridized carbons (Fsp3) is 0.231. The second kappa shape index (κ2) is 6.04. The molecule has 0 saturated heterocycles. The molecule has 2 heterocycles. The summed E-state index contributed by atoms with van der Waals surface area (Å²) >= 11 is 12.2. The number of hydrogen-bond donors (Lipinski definition) is 2. The average molecular weight is 339 g/mol. The molecule has 0 saturated carbocycles. The molecule has 0 aliphatic heterocycles. The molecule has 1 unspecified atom stereocenters. The van der Waals surface area contributed by atoms with E-state index in [0.717, 1.165) is 0 Å². The third kappa shape index (κ3) is 3.11. The van der Waals surface area contributed by atoms with E-state index in [-0.39, 0.29) is 13.0 Å². The Morgan fingerprint density at radius 1 is 1.27 bits per heavy atom. The number of aromatic amines is 1. The highest BCUT2D eigenvalue weighted by molar-refractivity contribution is 6.35. The van der Waals surface area contributed by atoms with Gasteiger partial charge in [0.25, 0.3) is 0 Å². The van der Waals surface area contributed by atoms with Crippen molar-refractivity contribution < 1.29 is 5.11 Å². The van der Waals surface area contributed by atoms with Crippen molar-refractivity contribution in [3.8, 4) is 0 Å². The first-order valence-electron chi connectivity index (χ1n) is 6.41. The maximum Gasteiger partial charge on any atom is 0.137 e. The number of aliphatic hydroxyl groups is 1. The highest BCUT2D eigenvalue weighted by atomic mass is 35.5. The SMILES string of the molecule is OC(Cc1ncn[nH]1)(Cn1cncn1)c1ccc(Cl)cc1Cl. The van der Waals surface area contributed by atoms with Crippen LogP contribution in [0.3, 0.4) is 0 Å². The molecule has 2 N–H and O–H groups in total. The lowest BCUT2D eigenvalue weighted by Gasteiger charge is -2.28. The normalized spacial score (nSPS) is 14.0. The van der Waals surface area contributed by atoms with E-state index in [0.29, 0.717) is 21.4 Å². The molecule has 22 heavy (non-hydrogen) atoms. The van der Waals surface area contributed by atoms with E-state index in [1.54, 1.807) is 18.2 Å². The Morgan fingerprint density at radius 3 is 2.77 bits per heavy atom. The zero-order valence-electron chi connectivity index (χ0n) is 11.3. The lowest BCUT2D eigenvalue weighted by Crippen LogP contribution is -2.35. The standard InChI is InChI=1S/C13H12Cl2N6O/c14-9-1-2-10(11(15)3-9)13(22,4-12-17-7-18-20-12)5-21-8-16-6-19-21/h1-3,6-8,22H,4-5H2,(H,17,18,20). The van der Waals surface area contributed by atoms with Crippen LogP contribution < -0.4 is 0 Å². The highest BCUT2D eigenvalue weighted by Gasteiger charge is 2.34. The van der Waals surface area contributed by atoms with Crippen LogP contribution >= 0.6 is 23.2 Å². The molecule has 1 atom stereocenters. The van der Waals surface area contributed by atoms with Crippen LogP contribution in [-0.4, -0.2) is 35.1 Å². The smallest absolute Gasteiger partial charge is 0.137 e. The van der Waals surface area contributed by atoms with Gasteiger partial charge in [-0.1, -0.05) is 29.3 Å². The number of aromatic nitrogens is 6. The lowest BCUT2D eigenvalue weighted by atomic mass is 9.90. The summed E-state index contributed by atoms with van der Waals surface area (Å²) in [6.07, 6.45) is 4.50. The van der Waals surface area contributed by atoms with Crippen LogP contribution in [0.25, 0.3) is 0 Å². The predicted molar refractivity (Wildman–Crippen MR) is 80.5 cm³/mol. The molecule has 0 bridgehead atoms. The number of rotatable bonds is 5. The second-order valence-corrected chi connectivity index (χ2v) is 5.70. The summed E-state index contributed by atoms with van der Waals surface area (Å²) in [4.78, 5) is 7.95. The summed E-state index contributed by atoms with van der Waals surface area (Å²) in [6.45, 7) is 0.162. The molecule has 3 rings (SSSR count). The molecule has 0 amide bonds. The van der Waals surface area contributed by atoms with Gasteiger partial charge in [0.2, 0.25) is 0 Å². The summed E-state index contributed by atoms with van der Waals surface area (Å²) in [5.41, 5.74) is -0.806. The Morgan fingerprint density at radius 2 is 2.14 bits per heavy atom. The van der Waals surface area contributed by atoms with Gasteiger partial charge in [-0.3, -0.25) is 5.10 Å². The Hall–Kier alpha value is -1.96. The minimum atomic E-state index is -1.34. The van der Waals surface area contributed by atoms with Crippen molar-refractivity contribution in [1.82, 2.24) is 29.9 Å². The molecule has 3 aromatic rings. The van der Waals surface area contributed by atoms with Gasteiger partial charge < -0.3 is 5.11 Å². The minimum absolute atomic E-state index is 0.162. The summed E-state index contributed by atoms with van der Waals surface area (Å²) in [5, 5.41) is 22.6. The van der Waals surface area contributed by atoms with Gasteiger partial charge in [0.15, 0.2) is 0 Å². The number of nitrogens with zero attached hydrogens (tertiary/aromatic N) is 5. The Bertz CT molecular complexity index is 708. The number of nitrogens with one attached hydrogen (secondary N) is 1. The van der Waals surface area contributed by atoms with Crippen molar-refractivity contribution in [3.63, 3.8) is 0 Å². The van der Waals surface area contributed by atoms with Crippen LogP contribution in [0.5, 0.6) is 0 Å². The molecule has 0 fully saturated rings. The van der Waals surface area contributed by atoms with E-state index in [9.17, 15) is 5.11 Å². The maximum atomic E-state index is 11.2. The van der Waals surface area contributed by atoms with Crippen LogP contribution in [0.1, 0.15) is 11.4 Å². The number of hydrogen-bond acceptors (Lipinski definition) is 5. The zero-order chi connectivity index (χ0) is 15.6. The molecule has 0 spiro atoms. The van der Waals surface area contributed by atoms with Gasteiger partial charge in [-0.15, -0.1) is 0 Å². The fourth-order valence-electron chi connectivity index (χ4n) is 2.28. The Kier molecular flexibility index (Phi) is 4.10. The molecule has 114 valence electrons. The summed E-state index contributed by atoms with van der Waals surface area (Å²) in [7, 11) is 0. The molecule has 9 heteroatoms. The number of H-pyrrole nitrogens is 1. The van der Waals surface area contributed by atoms with Crippen molar-refractivity contribution in [3.05, 3.63) is 58.6 Å². The van der Waals surface area contributed by atoms with Crippen molar-refractivity contribution in [2.45, 2.75) is 18.6 Å². The monoisotopic (exact) mass is 338 g/mol. The van der Waals surface area contributed by atoms with Gasteiger partial charge in [-0.2, -0.15) is 10.2 Å². The predicted octanol–water partition coefficient (Wildman–Crippen LogP) is 1.83. The Balaban J connectivity index is 2.01. The fourth-order valence-corrected chi connectivity index (χ4v) is 2.86. The topological polar surface area (TPSA) is 92.5 Å². The molecule has 0 aliphatic carbocycles. The van der Waals surface area contributed by atoms with Crippen molar-refractivity contribution in [1.29, 1.82) is 0 Å². The van der Waals surface area contributed by atoms with Crippen molar-refractivity contribution in [2.75, 3.05) is 0 Å². The van der Waals surface area contributed by atoms with Gasteiger partial charge in [-0.05, 0) is 12.1 Å². The molecule has 0 radical (unpaired) electrons. The summed E-state index contributed by atoms with van der Waals surface area (Å²) in [5.74, 6) is 0.536. The number of halogens is 2. The largest absolute Gasteiger partial charge is 0.383 e. The van der Waals surface area contributed by atoms with E-state index in [4.69, 9.17) is 23.2 Å². The van der Waals surface area contributed by atoms with Crippen LogP contribution in [-0.2, 0) is 18.6 Å². The van der Waals surface area contributed by atoms with E-state index in [2.05, 4.69) is 25.3 Å². The summed E-state index contributed by atoms with van der Waals surface area (Å²) < 4.78 is 1.53. The third-order valence-corrected chi connectivity index (χ3v) is 3.80. The second-order valence-electron chi connectivity index (χ2n) is 4.86. The Labute approximate surface area is 135 Å². The minimum Gasteiger partial charge on any atom is -0.383 e. The van der Waals surface area contributed by atoms with Crippen LogP contribution in [0, 0.1) is 0 Å². The summed E-state index contributed by atoms with van der Waals surface area (Å²) in [6, 6.07) is 4.96. The van der Waals surface area contributed by atoms with Crippen LogP contribution in [0.4, 0.5) is 0 Å². The maximum absolute atomic E-state index is 11.2. The lowest BCUT2D eigenvalue weighted by molar-refractivity contribution is 0.0134. The molecule has 1 aromatic carbocycles. The molecular formula is C13H12Cl2N6O. The highest BCUT2D eigenvalue weighted by Crippen LogP contribution is 2.33. The first-order valence-corrected chi connectivity index (χ1v) is 7.17. The first kappa shape index (κ1) is 15.0. The quantitative estimate of drug-likeness (QED) is 0.740. The molecule has 7 nitrogen and oxygen atoms in total. The average Bonchev–Trinajstić information content (AvgIpc) is 3.12. The first-order chi connectivity index (χ1) is 10.6. The van der Waals surface area contributed by atoms with E-state index in [1.165, 1.54) is 23.7 Å². The van der Waals surface area contributed by atoms with Gasteiger partial charge in [-0.25, -0.2) is 14.6 Å². The van der Waals surface area contributed by atoms with Crippen molar-refractivity contribution >= 4 is 23.2 Å². The van der Waals surface area contributed by atoms with Crippen LogP contribution in [0.2, 0.25) is 10.0 Å². The van der Waals surface area contributed by atoms with E-state index < -0.39 is 5.60 Å². The van der Waals surface area contributed by atoms with E-state index >= 15 is 0 Å². The van der Waals surface area contributed by atoms with Crippen molar-refractivity contribution in [2.24, 2.45) is 0 Å². The van der Waals surface area contributed by atoms with Crippen LogP contribution in [0.15, 0.2) is 37.2 Å². The molecule has 0 aliphatic rings. The van der Waals surface area contributed by atoms with Gasteiger partial charge >= 0.3 is 0 Å². The third-order valence-electron chi connectivity index (χ3n) is 3.25. The number of benzene rings is 1. The van der Waals surface area contributed by atoms with Gasteiger partial charge in [0.05, 0.1) is 6.54 Å². The van der Waals surface area contributed by atoms with Gasteiger partial charge in [0, 0.05) is 22.0 Å².